The number of rotatable bonds is 0. The van der Waals surface area contributed by atoms with Crippen molar-refractivity contribution in [3.8, 4) is 0 Å². The fourth-order valence-electron chi connectivity index (χ4n) is 2.29. The summed E-state index contributed by atoms with van der Waals surface area (Å²) in [4.78, 5) is 14.3. The third-order valence-corrected chi connectivity index (χ3v) is 3.05. The Morgan fingerprint density at radius 2 is 1.67 bits per heavy atom. The summed E-state index contributed by atoms with van der Waals surface area (Å²) >= 11 is 0. The van der Waals surface area contributed by atoms with Gasteiger partial charge in [-0.2, -0.15) is 0 Å². The molecule has 1 heterocycles. The van der Waals surface area contributed by atoms with Crippen LogP contribution in [0.1, 0.15) is 48.5 Å². The molecular weight excluding hydrogens is 188 g/mol. The highest BCUT2D eigenvalue weighted by atomic mass is 16.2. The van der Waals surface area contributed by atoms with Crippen LogP contribution in [0.5, 0.6) is 0 Å². The third-order valence-electron chi connectivity index (χ3n) is 3.05. The summed E-state index contributed by atoms with van der Waals surface area (Å²) in [5.74, 6) is 0.119. The van der Waals surface area contributed by atoms with Gasteiger partial charge < -0.3 is 5.32 Å². The minimum Gasteiger partial charge on any atom is -0.348 e. The molecule has 1 fully saturated rings. The van der Waals surface area contributed by atoms with E-state index in [4.69, 9.17) is 0 Å². The maximum absolute atomic E-state index is 12.0. The van der Waals surface area contributed by atoms with Crippen LogP contribution in [0.15, 0.2) is 0 Å². The second kappa shape index (κ2) is 3.21. The SMILES string of the molecule is CC1(C)CN(C(C)(C)C)C(C)(C)C(=O)N1. The number of piperazine rings is 1. The zero-order valence-corrected chi connectivity index (χ0v) is 11.1. The Bertz CT molecular complexity index is 274. The lowest BCUT2D eigenvalue weighted by Gasteiger charge is -2.53. The van der Waals surface area contributed by atoms with Gasteiger partial charge in [-0.25, -0.2) is 0 Å². The second-order valence-electron chi connectivity index (χ2n) is 6.65. The van der Waals surface area contributed by atoms with Crippen LogP contribution in [-0.2, 0) is 4.79 Å². The topological polar surface area (TPSA) is 32.3 Å². The molecule has 0 aliphatic carbocycles. The number of carbonyl (C=O) groups excluding carboxylic acids is 1. The monoisotopic (exact) mass is 212 g/mol. The van der Waals surface area contributed by atoms with Crippen molar-refractivity contribution in [3.63, 3.8) is 0 Å². The minimum atomic E-state index is -0.423. The predicted molar refractivity (Wildman–Crippen MR) is 62.8 cm³/mol. The van der Waals surface area contributed by atoms with Gasteiger partial charge in [-0.05, 0) is 48.5 Å². The van der Waals surface area contributed by atoms with Crippen LogP contribution < -0.4 is 5.32 Å². The van der Waals surface area contributed by atoms with Crippen LogP contribution in [0.25, 0.3) is 0 Å². The summed E-state index contributed by atoms with van der Waals surface area (Å²) < 4.78 is 0. The standard InChI is InChI=1S/C12H24N2O/c1-10(2,3)14-8-11(4,5)13-9(15)12(14,6)7/h8H2,1-7H3,(H,13,15). The van der Waals surface area contributed by atoms with Gasteiger partial charge in [0.1, 0.15) is 0 Å². The first-order valence-electron chi connectivity index (χ1n) is 5.57. The van der Waals surface area contributed by atoms with Crippen LogP contribution in [-0.4, -0.2) is 34.0 Å². The smallest absolute Gasteiger partial charge is 0.240 e. The van der Waals surface area contributed by atoms with Gasteiger partial charge in [-0.1, -0.05) is 0 Å². The molecule has 0 atom stereocenters. The van der Waals surface area contributed by atoms with Crippen molar-refractivity contribution in [3.05, 3.63) is 0 Å². The molecule has 0 bridgehead atoms. The highest BCUT2D eigenvalue weighted by Gasteiger charge is 2.48. The average Bonchev–Trinajstić information content (AvgIpc) is 1.94. The molecule has 0 radical (unpaired) electrons. The van der Waals surface area contributed by atoms with Crippen LogP contribution in [0, 0.1) is 0 Å². The molecule has 1 amide bonds. The molecule has 0 aromatic heterocycles. The zero-order valence-electron chi connectivity index (χ0n) is 11.1. The maximum atomic E-state index is 12.0. The molecule has 3 nitrogen and oxygen atoms in total. The summed E-state index contributed by atoms with van der Waals surface area (Å²) in [5, 5.41) is 3.07. The first-order chi connectivity index (χ1) is 6.47. The van der Waals surface area contributed by atoms with E-state index in [1.165, 1.54) is 0 Å². The summed E-state index contributed by atoms with van der Waals surface area (Å²) in [6.45, 7) is 15.5. The molecule has 0 aromatic carbocycles. The minimum absolute atomic E-state index is 0.0124. The zero-order chi connectivity index (χ0) is 12.1. The van der Waals surface area contributed by atoms with Crippen molar-refractivity contribution < 1.29 is 4.79 Å². The van der Waals surface area contributed by atoms with Crippen molar-refractivity contribution in [2.75, 3.05) is 6.54 Å². The molecule has 1 N–H and O–H groups in total. The van der Waals surface area contributed by atoms with Gasteiger partial charge in [-0.15, -0.1) is 0 Å². The number of nitrogens with one attached hydrogen (secondary N) is 1. The molecular formula is C12H24N2O. The molecule has 0 unspecified atom stereocenters. The maximum Gasteiger partial charge on any atom is 0.240 e. The number of amides is 1. The molecule has 1 aliphatic heterocycles. The van der Waals surface area contributed by atoms with E-state index in [9.17, 15) is 4.79 Å². The van der Waals surface area contributed by atoms with E-state index < -0.39 is 5.54 Å². The molecule has 1 aliphatic rings. The van der Waals surface area contributed by atoms with Crippen LogP contribution in [0.3, 0.4) is 0 Å². The van der Waals surface area contributed by atoms with Gasteiger partial charge >= 0.3 is 0 Å². The number of carbonyl (C=O) groups is 1. The largest absolute Gasteiger partial charge is 0.348 e. The van der Waals surface area contributed by atoms with Crippen LogP contribution in [0.2, 0.25) is 0 Å². The van der Waals surface area contributed by atoms with Gasteiger partial charge in [0.2, 0.25) is 5.91 Å². The number of hydrogen-bond acceptors (Lipinski definition) is 2. The molecule has 88 valence electrons. The third kappa shape index (κ3) is 2.33. The van der Waals surface area contributed by atoms with Crippen molar-refractivity contribution in [1.82, 2.24) is 10.2 Å². The highest BCUT2D eigenvalue weighted by Crippen LogP contribution is 2.31. The van der Waals surface area contributed by atoms with E-state index in [1.807, 2.05) is 13.8 Å². The predicted octanol–water partition coefficient (Wildman–Crippen LogP) is 1.77. The van der Waals surface area contributed by atoms with Gasteiger partial charge in [-0.3, -0.25) is 9.69 Å². The van der Waals surface area contributed by atoms with Crippen molar-refractivity contribution >= 4 is 5.91 Å². The summed E-state index contributed by atoms with van der Waals surface area (Å²) in [7, 11) is 0. The Labute approximate surface area is 93.2 Å². The van der Waals surface area contributed by atoms with E-state index in [1.54, 1.807) is 0 Å². The summed E-state index contributed by atoms with van der Waals surface area (Å²) in [5.41, 5.74) is -0.549. The molecule has 0 saturated carbocycles. The van der Waals surface area contributed by atoms with Gasteiger partial charge in [0.15, 0.2) is 0 Å². The molecule has 1 saturated heterocycles. The van der Waals surface area contributed by atoms with Crippen molar-refractivity contribution in [2.24, 2.45) is 0 Å². The quantitative estimate of drug-likeness (QED) is 0.664. The van der Waals surface area contributed by atoms with Crippen molar-refractivity contribution in [1.29, 1.82) is 0 Å². The first-order valence-corrected chi connectivity index (χ1v) is 5.57. The molecule has 0 spiro atoms. The van der Waals surface area contributed by atoms with E-state index in [0.29, 0.717) is 0 Å². The molecule has 3 heteroatoms. The van der Waals surface area contributed by atoms with E-state index in [0.717, 1.165) is 6.54 Å². The Morgan fingerprint density at radius 1 is 1.20 bits per heavy atom. The lowest BCUT2D eigenvalue weighted by Crippen LogP contribution is -2.72. The Hall–Kier alpha value is -0.570. The first kappa shape index (κ1) is 12.5. The van der Waals surface area contributed by atoms with E-state index >= 15 is 0 Å². The van der Waals surface area contributed by atoms with E-state index in [-0.39, 0.29) is 17.0 Å². The van der Waals surface area contributed by atoms with Gasteiger partial charge in [0.05, 0.1) is 5.54 Å². The fraction of sp³-hybridized carbons (Fsp3) is 0.917. The number of nitrogens with zero attached hydrogens (tertiary/aromatic N) is 1. The lowest BCUT2D eigenvalue weighted by atomic mass is 9.86. The molecule has 1 rings (SSSR count). The highest BCUT2D eigenvalue weighted by molar-refractivity contribution is 5.87. The number of hydrogen-bond donors (Lipinski definition) is 1. The van der Waals surface area contributed by atoms with E-state index in [2.05, 4.69) is 44.8 Å². The van der Waals surface area contributed by atoms with Gasteiger partial charge in [0.25, 0.3) is 0 Å². The average molecular weight is 212 g/mol. The van der Waals surface area contributed by atoms with Gasteiger partial charge in [0, 0.05) is 17.6 Å². The molecule has 0 aromatic rings. The van der Waals surface area contributed by atoms with Crippen LogP contribution >= 0.6 is 0 Å². The van der Waals surface area contributed by atoms with Crippen molar-refractivity contribution in [2.45, 2.75) is 65.1 Å². The Balaban J connectivity index is 3.07. The Kier molecular flexibility index (Phi) is 2.67. The molecule has 15 heavy (non-hydrogen) atoms. The summed E-state index contributed by atoms with van der Waals surface area (Å²) in [6, 6.07) is 0. The second-order valence-corrected chi connectivity index (χ2v) is 6.65. The lowest BCUT2D eigenvalue weighted by molar-refractivity contribution is -0.145. The Morgan fingerprint density at radius 3 is 2.07 bits per heavy atom. The van der Waals surface area contributed by atoms with Crippen LogP contribution in [0.4, 0.5) is 0 Å². The fourth-order valence-corrected chi connectivity index (χ4v) is 2.29. The summed E-state index contributed by atoms with van der Waals surface area (Å²) in [6.07, 6.45) is 0. The normalized spacial score (nSPS) is 26.2.